The second-order valence-electron chi connectivity index (χ2n) is 5.92. The molecule has 0 saturated carbocycles. The lowest BCUT2D eigenvalue weighted by Gasteiger charge is -2.08. The Kier molecular flexibility index (Phi) is 5.76. The van der Waals surface area contributed by atoms with Crippen molar-refractivity contribution in [3.05, 3.63) is 63.8 Å². The van der Waals surface area contributed by atoms with Crippen molar-refractivity contribution in [2.75, 3.05) is 14.2 Å². The molecule has 1 amide bonds. The van der Waals surface area contributed by atoms with Crippen LogP contribution in [0.4, 0.5) is 0 Å². The summed E-state index contributed by atoms with van der Waals surface area (Å²) in [7, 11) is 3.11. The molecule has 27 heavy (non-hydrogen) atoms. The van der Waals surface area contributed by atoms with Crippen molar-refractivity contribution >= 4 is 17.2 Å². The van der Waals surface area contributed by atoms with Crippen LogP contribution in [0.15, 0.2) is 53.5 Å². The Morgan fingerprint density at radius 1 is 1.07 bits per heavy atom. The van der Waals surface area contributed by atoms with E-state index in [0.29, 0.717) is 21.9 Å². The topological polar surface area (TPSA) is 52.8 Å². The van der Waals surface area contributed by atoms with Gasteiger partial charge in [-0.15, -0.1) is 11.3 Å². The van der Waals surface area contributed by atoms with Gasteiger partial charge in [-0.05, 0) is 31.5 Å². The Labute approximate surface area is 162 Å². The minimum absolute atomic E-state index is 0.324. The molecule has 140 valence electrons. The SMILES string of the molecule is CCn1c(-c2ccccc2)c(C)sc1=NC(=O)c1cc(OC)cc(OC)c1. The predicted molar refractivity (Wildman–Crippen MR) is 108 cm³/mol. The molecule has 0 aliphatic rings. The summed E-state index contributed by atoms with van der Waals surface area (Å²) in [6.45, 7) is 4.83. The number of aromatic nitrogens is 1. The zero-order valence-electron chi connectivity index (χ0n) is 15.9. The number of hydrogen-bond acceptors (Lipinski definition) is 4. The number of carbonyl (C=O) groups is 1. The van der Waals surface area contributed by atoms with Gasteiger partial charge < -0.3 is 14.0 Å². The smallest absolute Gasteiger partial charge is 0.279 e. The summed E-state index contributed by atoms with van der Waals surface area (Å²) >= 11 is 1.52. The standard InChI is InChI=1S/C21H22N2O3S/c1-5-23-19(15-9-7-6-8-10-15)14(2)27-21(23)22-20(24)16-11-17(25-3)13-18(12-16)26-4/h6-13H,5H2,1-4H3. The van der Waals surface area contributed by atoms with Gasteiger partial charge in [-0.3, -0.25) is 4.79 Å². The van der Waals surface area contributed by atoms with Crippen molar-refractivity contribution in [2.24, 2.45) is 4.99 Å². The van der Waals surface area contributed by atoms with Crippen LogP contribution in [-0.4, -0.2) is 24.7 Å². The van der Waals surface area contributed by atoms with Crippen molar-refractivity contribution in [3.8, 4) is 22.8 Å². The molecule has 0 N–H and O–H groups in total. The molecule has 3 aromatic rings. The Balaban J connectivity index is 2.09. The van der Waals surface area contributed by atoms with E-state index in [0.717, 1.165) is 22.7 Å². The van der Waals surface area contributed by atoms with Gasteiger partial charge >= 0.3 is 0 Å². The van der Waals surface area contributed by atoms with Gasteiger partial charge in [-0.25, -0.2) is 0 Å². The highest BCUT2D eigenvalue weighted by Gasteiger charge is 2.14. The minimum atomic E-state index is -0.324. The van der Waals surface area contributed by atoms with Gasteiger partial charge in [-0.1, -0.05) is 30.3 Å². The molecule has 0 fully saturated rings. The fourth-order valence-electron chi connectivity index (χ4n) is 2.94. The highest BCUT2D eigenvalue weighted by molar-refractivity contribution is 7.09. The summed E-state index contributed by atoms with van der Waals surface area (Å²) in [5.74, 6) is 0.794. The zero-order chi connectivity index (χ0) is 19.4. The van der Waals surface area contributed by atoms with Crippen molar-refractivity contribution in [3.63, 3.8) is 0 Å². The Hall–Kier alpha value is -2.86. The summed E-state index contributed by atoms with van der Waals surface area (Å²) in [5.41, 5.74) is 2.64. The third-order valence-electron chi connectivity index (χ3n) is 4.24. The predicted octanol–water partition coefficient (Wildman–Crippen LogP) is 4.30. The first kappa shape index (κ1) is 18.9. The third kappa shape index (κ3) is 3.95. The van der Waals surface area contributed by atoms with E-state index in [1.54, 1.807) is 32.4 Å². The lowest BCUT2D eigenvalue weighted by Crippen LogP contribution is -2.17. The first-order chi connectivity index (χ1) is 13.1. The maximum absolute atomic E-state index is 12.8. The van der Waals surface area contributed by atoms with Crippen molar-refractivity contribution in [1.29, 1.82) is 0 Å². The van der Waals surface area contributed by atoms with Crippen molar-refractivity contribution < 1.29 is 14.3 Å². The third-order valence-corrected chi connectivity index (χ3v) is 5.23. The maximum atomic E-state index is 12.8. The number of methoxy groups -OCH3 is 2. The van der Waals surface area contributed by atoms with Crippen LogP contribution in [0, 0.1) is 6.92 Å². The Bertz CT molecular complexity index is 997. The van der Waals surface area contributed by atoms with Gasteiger partial charge in [0.25, 0.3) is 5.91 Å². The lowest BCUT2D eigenvalue weighted by molar-refractivity contribution is 0.0997. The first-order valence-corrected chi connectivity index (χ1v) is 9.46. The molecule has 0 unspecified atom stereocenters. The molecule has 2 aromatic carbocycles. The van der Waals surface area contributed by atoms with Crippen LogP contribution < -0.4 is 14.3 Å². The minimum Gasteiger partial charge on any atom is -0.497 e. The van der Waals surface area contributed by atoms with Crippen LogP contribution in [-0.2, 0) is 6.54 Å². The van der Waals surface area contributed by atoms with E-state index >= 15 is 0 Å². The van der Waals surface area contributed by atoms with Crippen molar-refractivity contribution in [2.45, 2.75) is 20.4 Å². The summed E-state index contributed by atoms with van der Waals surface area (Å²) in [6.07, 6.45) is 0. The highest BCUT2D eigenvalue weighted by Crippen LogP contribution is 2.26. The number of ether oxygens (including phenoxy) is 2. The van der Waals surface area contributed by atoms with E-state index in [2.05, 4.69) is 35.5 Å². The molecule has 1 heterocycles. The van der Waals surface area contributed by atoms with Crippen LogP contribution in [0.1, 0.15) is 22.2 Å². The molecule has 0 aliphatic carbocycles. The molecule has 0 atom stereocenters. The second kappa shape index (κ2) is 8.22. The molecule has 1 aromatic heterocycles. The summed E-state index contributed by atoms with van der Waals surface area (Å²) in [5, 5.41) is 0. The Morgan fingerprint density at radius 2 is 1.70 bits per heavy atom. The van der Waals surface area contributed by atoms with Crippen LogP contribution in [0.25, 0.3) is 11.3 Å². The van der Waals surface area contributed by atoms with Gasteiger partial charge in [0.05, 0.1) is 19.9 Å². The van der Waals surface area contributed by atoms with Crippen molar-refractivity contribution in [1.82, 2.24) is 4.57 Å². The van der Waals surface area contributed by atoms with E-state index in [-0.39, 0.29) is 5.91 Å². The molecular formula is C21H22N2O3S. The summed E-state index contributed by atoms with van der Waals surface area (Å²) < 4.78 is 12.6. The fraction of sp³-hybridized carbons (Fsp3) is 0.238. The van der Waals surface area contributed by atoms with Crippen LogP contribution >= 0.6 is 11.3 Å². The fourth-order valence-corrected chi connectivity index (χ4v) is 4.00. The van der Waals surface area contributed by atoms with E-state index in [9.17, 15) is 4.79 Å². The van der Waals surface area contributed by atoms with E-state index in [4.69, 9.17) is 9.47 Å². The van der Waals surface area contributed by atoms with Gasteiger partial charge in [-0.2, -0.15) is 4.99 Å². The quantitative estimate of drug-likeness (QED) is 0.661. The molecular weight excluding hydrogens is 360 g/mol. The zero-order valence-corrected chi connectivity index (χ0v) is 16.7. The molecule has 0 radical (unpaired) electrons. The number of thiazole rings is 1. The lowest BCUT2D eigenvalue weighted by atomic mass is 10.1. The van der Waals surface area contributed by atoms with Crippen LogP contribution in [0.5, 0.6) is 11.5 Å². The number of benzene rings is 2. The number of aryl methyl sites for hydroxylation is 1. The number of nitrogens with zero attached hydrogens (tertiary/aromatic N) is 2. The van der Waals surface area contributed by atoms with E-state index in [1.165, 1.54) is 11.3 Å². The van der Waals surface area contributed by atoms with Gasteiger partial charge in [0.1, 0.15) is 11.5 Å². The Morgan fingerprint density at radius 3 is 2.26 bits per heavy atom. The molecule has 0 bridgehead atoms. The van der Waals surface area contributed by atoms with Crippen LogP contribution in [0.3, 0.4) is 0 Å². The average Bonchev–Trinajstić information content (AvgIpc) is 3.02. The summed E-state index contributed by atoms with van der Waals surface area (Å²) in [6, 6.07) is 15.2. The second-order valence-corrected chi connectivity index (χ2v) is 7.10. The highest BCUT2D eigenvalue weighted by atomic mass is 32.1. The van der Waals surface area contributed by atoms with Gasteiger partial charge in [0, 0.05) is 23.1 Å². The maximum Gasteiger partial charge on any atom is 0.279 e. The first-order valence-electron chi connectivity index (χ1n) is 8.65. The van der Waals surface area contributed by atoms with Crippen LogP contribution in [0.2, 0.25) is 0 Å². The average molecular weight is 382 g/mol. The van der Waals surface area contributed by atoms with E-state index < -0.39 is 0 Å². The molecule has 6 heteroatoms. The summed E-state index contributed by atoms with van der Waals surface area (Å²) in [4.78, 5) is 19.0. The molecule has 0 spiro atoms. The van der Waals surface area contributed by atoms with E-state index in [1.807, 2.05) is 18.2 Å². The van der Waals surface area contributed by atoms with Gasteiger partial charge in [0.15, 0.2) is 4.80 Å². The molecule has 0 aliphatic heterocycles. The number of carbonyl (C=O) groups excluding carboxylic acids is 1. The molecule has 5 nitrogen and oxygen atoms in total. The monoisotopic (exact) mass is 382 g/mol. The van der Waals surface area contributed by atoms with Gasteiger partial charge in [0.2, 0.25) is 0 Å². The normalized spacial score (nSPS) is 11.5. The molecule has 3 rings (SSSR count). The molecule has 0 saturated heterocycles. The number of amides is 1. The largest absolute Gasteiger partial charge is 0.497 e. The number of hydrogen-bond donors (Lipinski definition) is 0. The number of rotatable bonds is 5.